The molecule has 7 nitrogen and oxygen atoms in total. The van der Waals surface area contributed by atoms with Gasteiger partial charge in [-0.3, -0.25) is 9.69 Å². The van der Waals surface area contributed by atoms with Gasteiger partial charge in [0.25, 0.3) is 5.91 Å². The number of rotatable bonds is 7. The summed E-state index contributed by atoms with van der Waals surface area (Å²) < 4.78 is 18.5. The van der Waals surface area contributed by atoms with Crippen LogP contribution in [-0.2, 0) is 4.74 Å². The predicted octanol–water partition coefficient (Wildman–Crippen LogP) is 5.59. The minimum Gasteiger partial charge on any atom is -0.493 e. The molecule has 1 fully saturated rings. The molecule has 0 radical (unpaired) electrons. The molecule has 1 saturated heterocycles. The van der Waals surface area contributed by atoms with Crippen molar-refractivity contribution in [2.75, 3.05) is 29.6 Å². The van der Waals surface area contributed by atoms with E-state index in [-0.39, 0.29) is 18.0 Å². The average Bonchev–Trinajstić information content (AvgIpc) is 3.10. The minimum absolute atomic E-state index is 0.140. The summed E-state index contributed by atoms with van der Waals surface area (Å²) in [7, 11) is 1.56. The van der Waals surface area contributed by atoms with E-state index in [1.165, 1.54) is 0 Å². The number of hydrogen-bond acceptors (Lipinski definition) is 5. The first-order valence-corrected chi connectivity index (χ1v) is 13.0. The molecule has 182 valence electrons. The van der Waals surface area contributed by atoms with E-state index in [1.54, 1.807) is 29.0 Å². The Hall–Kier alpha value is -1.97. The summed E-state index contributed by atoms with van der Waals surface area (Å²) in [5.41, 5.74) is 1.20. The van der Waals surface area contributed by atoms with Crippen LogP contribution in [0, 0.1) is 0 Å². The van der Waals surface area contributed by atoms with Crippen LogP contribution in [0.3, 0.4) is 0 Å². The minimum atomic E-state index is -0.670. The summed E-state index contributed by atoms with van der Waals surface area (Å²) in [5.74, 6) is 0.855. The second kappa shape index (κ2) is 10.5. The van der Waals surface area contributed by atoms with Gasteiger partial charge in [0.15, 0.2) is 11.5 Å². The monoisotopic (exact) mass is 570 g/mol. The van der Waals surface area contributed by atoms with Gasteiger partial charge in [-0.05, 0) is 63.9 Å². The van der Waals surface area contributed by atoms with E-state index in [1.807, 2.05) is 27.7 Å². The third-order valence-corrected chi connectivity index (χ3v) is 6.68. The molecule has 0 spiro atoms. The molecule has 0 N–H and O–H groups in total. The molecule has 2 heterocycles. The first kappa shape index (κ1) is 25.6. The molecule has 33 heavy (non-hydrogen) atoms. The van der Waals surface area contributed by atoms with Crippen molar-refractivity contribution in [3.05, 3.63) is 29.8 Å². The SMILES string of the molecule is C=C1C[C@H]2[C@H](C)N(C(=O)OC(C)(C)C)c3cc(OCCCCCI)c(OC)cc3C(=O)N2C1. The van der Waals surface area contributed by atoms with Crippen LogP contribution in [0.15, 0.2) is 24.3 Å². The quantitative estimate of drug-likeness (QED) is 0.185. The fraction of sp³-hybridized carbons (Fsp3) is 0.600. The number of nitrogens with zero attached hydrogens (tertiary/aromatic N) is 2. The van der Waals surface area contributed by atoms with Crippen molar-refractivity contribution < 1.29 is 23.8 Å². The predicted molar refractivity (Wildman–Crippen MR) is 138 cm³/mol. The molecule has 0 aliphatic carbocycles. The topological polar surface area (TPSA) is 68.3 Å². The van der Waals surface area contributed by atoms with Crippen molar-refractivity contribution in [2.45, 2.75) is 71.1 Å². The molecule has 2 atom stereocenters. The van der Waals surface area contributed by atoms with Crippen LogP contribution in [-0.4, -0.2) is 59.3 Å². The Morgan fingerprint density at radius 2 is 1.94 bits per heavy atom. The van der Waals surface area contributed by atoms with Crippen molar-refractivity contribution in [3.63, 3.8) is 0 Å². The zero-order valence-corrected chi connectivity index (χ0v) is 22.4. The molecule has 8 heteroatoms. The largest absolute Gasteiger partial charge is 0.493 e. The Labute approximate surface area is 210 Å². The fourth-order valence-electron chi connectivity index (χ4n) is 4.35. The van der Waals surface area contributed by atoms with Crippen molar-refractivity contribution in [2.24, 2.45) is 0 Å². The van der Waals surface area contributed by atoms with Gasteiger partial charge in [-0.1, -0.05) is 34.7 Å². The number of methoxy groups -OCH3 is 1. The van der Waals surface area contributed by atoms with Crippen molar-refractivity contribution in [1.29, 1.82) is 0 Å². The van der Waals surface area contributed by atoms with Crippen LogP contribution in [0.1, 0.15) is 63.7 Å². The Morgan fingerprint density at radius 3 is 2.58 bits per heavy atom. The molecular formula is C25H35IN2O5. The third-order valence-electron chi connectivity index (χ3n) is 5.91. The number of carbonyl (C=O) groups excluding carboxylic acids is 2. The van der Waals surface area contributed by atoms with Gasteiger partial charge in [0, 0.05) is 12.6 Å². The van der Waals surface area contributed by atoms with Crippen LogP contribution in [0.25, 0.3) is 0 Å². The zero-order chi connectivity index (χ0) is 24.3. The average molecular weight is 570 g/mol. The molecule has 2 aliphatic rings. The highest BCUT2D eigenvalue weighted by atomic mass is 127. The lowest BCUT2D eigenvalue weighted by atomic mass is 10.0. The maximum absolute atomic E-state index is 13.6. The van der Waals surface area contributed by atoms with Crippen LogP contribution in [0.4, 0.5) is 10.5 Å². The number of amides is 2. The Kier molecular flexibility index (Phi) is 8.18. The van der Waals surface area contributed by atoms with Crippen molar-refractivity contribution in [1.82, 2.24) is 4.90 Å². The molecule has 0 saturated carbocycles. The highest BCUT2D eigenvalue weighted by Crippen LogP contribution is 2.42. The number of halogens is 1. The van der Waals surface area contributed by atoms with Gasteiger partial charge in [0.1, 0.15) is 5.60 Å². The number of fused-ring (bicyclic) bond motifs is 2. The lowest BCUT2D eigenvalue weighted by molar-refractivity contribution is 0.0542. The van der Waals surface area contributed by atoms with Crippen LogP contribution >= 0.6 is 22.6 Å². The van der Waals surface area contributed by atoms with Crippen molar-refractivity contribution >= 4 is 40.3 Å². The number of carbonyl (C=O) groups is 2. The highest BCUT2D eigenvalue weighted by Gasteiger charge is 2.45. The number of alkyl halides is 1. The standard InChI is InChI=1S/C25H35IN2O5/c1-16-12-19-17(2)28(24(30)33-25(3,4)5)20-14-22(32-11-9-7-8-10-26)21(31-6)13-18(20)23(29)27(19)15-16/h13-14,17,19H,1,7-12,15H2,2-6H3/t17-,19-/m0/s1. The number of ether oxygens (including phenoxy) is 3. The van der Waals surface area contributed by atoms with E-state index in [0.29, 0.717) is 42.3 Å². The maximum Gasteiger partial charge on any atom is 0.415 e. The summed E-state index contributed by atoms with van der Waals surface area (Å²) in [6, 6.07) is 2.97. The fourth-order valence-corrected chi connectivity index (χ4v) is 4.89. The lowest BCUT2D eigenvalue weighted by Crippen LogP contribution is -2.50. The molecule has 2 amide bonds. The highest BCUT2D eigenvalue weighted by molar-refractivity contribution is 14.1. The van der Waals surface area contributed by atoms with Gasteiger partial charge < -0.3 is 19.1 Å². The first-order valence-electron chi connectivity index (χ1n) is 11.5. The second-order valence-electron chi connectivity index (χ2n) is 9.66. The number of benzene rings is 1. The van der Waals surface area contributed by atoms with Gasteiger partial charge in [-0.15, -0.1) is 0 Å². The summed E-state index contributed by atoms with van der Waals surface area (Å²) in [6.07, 6.45) is 3.31. The van der Waals surface area contributed by atoms with Crippen LogP contribution < -0.4 is 14.4 Å². The molecule has 1 aromatic carbocycles. The first-order chi connectivity index (χ1) is 15.6. The zero-order valence-electron chi connectivity index (χ0n) is 20.3. The summed E-state index contributed by atoms with van der Waals surface area (Å²) in [4.78, 5) is 30.4. The number of unbranched alkanes of at least 4 members (excludes halogenated alkanes) is 2. The van der Waals surface area contributed by atoms with Crippen molar-refractivity contribution in [3.8, 4) is 11.5 Å². The molecule has 0 bridgehead atoms. The number of anilines is 1. The van der Waals surface area contributed by atoms with E-state index >= 15 is 0 Å². The van der Waals surface area contributed by atoms with Gasteiger partial charge in [0.2, 0.25) is 0 Å². The normalized spacial score (nSPS) is 20.3. The van der Waals surface area contributed by atoms with Crippen LogP contribution in [0.5, 0.6) is 11.5 Å². The Balaban J connectivity index is 2.05. The van der Waals surface area contributed by atoms with Crippen LogP contribution in [0.2, 0.25) is 0 Å². The molecule has 1 aromatic rings. The third kappa shape index (κ3) is 5.75. The molecule has 0 unspecified atom stereocenters. The summed E-state index contributed by atoms with van der Waals surface area (Å²) in [5, 5.41) is 0. The van der Waals surface area contributed by atoms with E-state index in [4.69, 9.17) is 14.2 Å². The van der Waals surface area contributed by atoms with Gasteiger partial charge >= 0.3 is 6.09 Å². The molecular weight excluding hydrogens is 535 g/mol. The van der Waals surface area contributed by atoms with Gasteiger partial charge in [-0.2, -0.15) is 0 Å². The molecule has 3 rings (SSSR count). The smallest absolute Gasteiger partial charge is 0.415 e. The van der Waals surface area contributed by atoms with Gasteiger partial charge in [0.05, 0.1) is 37.1 Å². The summed E-state index contributed by atoms with van der Waals surface area (Å²) in [6.45, 7) is 12.6. The molecule has 2 aliphatic heterocycles. The Bertz CT molecular complexity index is 911. The van der Waals surface area contributed by atoms with E-state index in [9.17, 15) is 9.59 Å². The van der Waals surface area contributed by atoms with E-state index < -0.39 is 11.7 Å². The van der Waals surface area contributed by atoms with Gasteiger partial charge in [-0.25, -0.2) is 4.79 Å². The lowest BCUT2D eigenvalue weighted by Gasteiger charge is -2.34. The Morgan fingerprint density at radius 1 is 1.21 bits per heavy atom. The van der Waals surface area contributed by atoms with E-state index in [2.05, 4.69) is 29.2 Å². The second-order valence-corrected chi connectivity index (χ2v) is 10.7. The number of hydrogen-bond donors (Lipinski definition) is 0. The summed E-state index contributed by atoms with van der Waals surface area (Å²) >= 11 is 2.37. The molecule has 0 aromatic heterocycles. The van der Waals surface area contributed by atoms with E-state index in [0.717, 1.165) is 29.3 Å². The maximum atomic E-state index is 13.6.